The molecule has 3 nitrogen and oxygen atoms in total. The van der Waals surface area contributed by atoms with Gasteiger partial charge in [-0.1, -0.05) is 67.5 Å². The monoisotopic (exact) mass is 460 g/mol. The summed E-state index contributed by atoms with van der Waals surface area (Å²) in [6.45, 7) is 24.9. The molecule has 34 heavy (non-hydrogen) atoms. The van der Waals surface area contributed by atoms with E-state index in [0.29, 0.717) is 23.7 Å². The van der Waals surface area contributed by atoms with E-state index in [0.717, 1.165) is 5.82 Å². The third kappa shape index (κ3) is 6.11. The van der Waals surface area contributed by atoms with Crippen molar-refractivity contribution in [2.24, 2.45) is 0 Å². The fraction of sp³-hybridized carbons (Fsp3) is 0.516. The zero-order chi connectivity index (χ0) is 25.4. The van der Waals surface area contributed by atoms with Gasteiger partial charge in [-0.3, -0.25) is 0 Å². The van der Waals surface area contributed by atoms with Crippen LogP contribution in [0.4, 0.5) is 5.82 Å². The highest BCUT2D eigenvalue weighted by Crippen LogP contribution is 2.29. The summed E-state index contributed by atoms with van der Waals surface area (Å²) in [4.78, 5) is 0. The van der Waals surface area contributed by atoms with Crippen molar-refractivity contribution in [3.8, 4) is 11.4 Å². The van der Waals surface area contributed by atoms with Gasteiger partial charge in [0.2, 0.25) is 5.82 Å². The van der Waals surface area contributed by atoms with Crippen molar-refractivity contribution in [1.82, 2.24) is 4.57 Å². The predicted molar refractivity (Wildman–Crippen MR) is 147 cm³/mol. The molecule has 2 aromatic carbocycles. The van der Waals surface area contributed by atoms with Crippen molar-refractivity contribution in [3.63, 3.8) is 0 Å². The molecule has 1 N–H and O–H groups in total. The SMILES string of the molecule is CC(C)c1cc(C(C)C)cc(-n2c[n+](-c3cc(C(C)C)cc(C(C)C)c3)cc2NC(C)(C)C)c1. The molecule has 0 unspecified atom stereocenters. The number of rotatable bonds is 7. The maximum absolute atomic E-state index is 3.75. The number of nitrogens with zero attached hydrogens (tertiary/aromatic N) is 2. The molecule has 1 aromatic heterocycles. The average molecular weight is 461 g/mol. The van der Waals surface area contributed by atoms with Crippen LogP contribution in [-0.4, -0.2) is 10.1 Å². The van der Waals surface area contributed by atoms with Crippen LogP contribution in [0, 0.1) is 0 Å². The minimum Gasteiger partial charge on any atom is -0.345 e. The Balaban J connectivity index is 2.24. The second kappa shape index (κ2) is 9.98. The molecule has 0 saturated heterocycles. The van der Waals surface area contributed by atoms with Gasteiger partial charge in [0, 0.05) is 5.54 Å². The maximum atomic E-state index is 3.75. The van der Waals surface area contributed by atoms with Crippen LogP contribution in [0.3, 0.4) is 0 Å². The lowest BCUT2D eigenvalue weighted by Gasteiger charge is -2.20. The first-order chi connectivity index (χ1) is 15.7. The van der Waals surface area contributed by atoms with Crippen molar-refractivity contribution in [1.29, 1.82) is 0 Å². The van der Waals surface area contributed by atoms with Crippen LogP contribution in [0.15, 0.2) is 48.9 Å². The van der Waals surface area contributed by atoms with E-state index < -0.39 is 0 Å². The third-order valence-electron chi connectivity index (χ3n) is 6.43. The summed E-state index contributed by atoms with van der Waals surface area (Å²) in [7, 11) is 0. The van der Waals surface area contributed by atoms with Gasteiger partial charge >= 0.3 is 0 Å². The molecule has 0 aliphatic carbocycles. The van der Waals surface area contributed by atoms with Gasteiger partial charge in [0.1, 0.15) is 11.4 Å². The van der Waals surface area contributed by atoms with Gasteiger partial charge in [-0.25, -0.2) is 0 Å². The summed E-state index contributed by atoms with van der Waals surface area (Å²) < 4.78 is 4.60. The first kappa shape index (κ1) is 26.1. The number of anilines is 1. The number of nitrogens with one attached hydrogen (secondary N) is 1. The van der Waals surface area contributed by atoms with Crippen LogP contribution < -0.4 is 9.88 Å². The highest BCUT2D eigenvalue weighted by atomic mass is 15.2. The van der Waals surface area contributed by atoms with E-state index in [2.05, 4.69) is 140 Å². The lowest BCUT2D eigenvalue weighted by atomic mass is 9.95. The summed E-state index contributed by atoms with van der Waals surface area (Å²) in [5.74, 6) is 3.04. The molecule has 3 heteroatoms. The number of aromatic nitrogens is 2. The highest BCUT2D eigenvalue weighted by Gasteiger charge is 2.23. The first-order valence-electron chi connectivity index (χ1n) is 13.0. The summed E-state index contributed by atoms with van der Waals surface area (Å²) in [5, 5.41) is 3.75. The Hall–Kier alpha value is -2.55. The van der Waals surface area contributed by atoms with Crippen molar-refractivity contribution >= 4 is 5.82 Å². The summed E-state index contributed by atoms with van der Waals surface area (Å²) in [6.07, 6.45) is 4.48. The molecule has 0 bridgehead atoms. The van der Waals surface area contributed by atoms with E-state index in [1.54, 1.807) is 0 Å². The molecule has 0 aliphatic rings. The molecule has 0 amide bonds. The number of imidazole rings is 1. The third-order valence-corrected chi connectivity index (χ3v) is 6.43. The van der Waals surface area contributed by atoms with Crippen LogP contribution in [-0.2, 0) is 0 Å². The van der Waals surface area contributed by atoms with E-state index in [-0.39, 0.29) is 5.54 Å². The maximum Gasteiger partial charge on any atom is 0.255 e. The molecule has 0 radical (unpaired) electrons. The van der Waals surface area contributed by atoms with Crippen molar-refractivity contribution in [2.45, 2.75) is 105 Å². The molecule has 3 aromatic rings. The fourth-order valence-electron chi connectivity index (χ4n) is 4.18. The largest absolute Gasteiger partial charge is 0.345 e. The Morgan fingerprint density at radius 2 is 1.06 bits per heavy atom. The summed E-state index contributed by atoms with van der Waals surface area (Å²) >= 11 is 0. The van der Waals surface area contributed by atoms with E-state index in [9.17, 15) is 0 Å². The Kier molecular flexibility index (Phi) is 7.65. The molecular weight excluding hydrogens is 414 g/mol. The van der Waals surface area contributed by atoms with Crippen LogP contribution in [0.25, 0.3) is 11.4 Å². The Bertz CT molecular complexity index is 1070. The molecule has 0 aliphatic heterocycles. The number of hydrogen-bond acceptors (Lipinski definition) is 1. The standard InChI is InChI=1S/C31H46N3/c1-20(2)24-12-25(21(3)4)15-28(14-24)33-18-30(32-31(9,10)11)34(19-33)29-16-26(22(5)6)13-27(17-29)23(7)8/h12-23,32H,1-11H3/q+1. The minimum absolute atomic E-state index is 0.0483. The quantitative estimate of drug-likeness (QED) is 0.351. The Morgan fingerprint density at radius 1 is 0.647 bits per heavy atom. The van der Waals surface area contributed by atoms with E-state index in [4.69, 9.17) is 0 Å². The zero-order valence-electron chi connectivity index (χ0n) is 23.3. The van der Waals surface area contributed by atoms with Crippen molar-refractivity contribution in [2.75, 3.05) is 5.32 Å². The second-order valence-corrected chi connectivity index (χ2v) is 12.1. The minimum atomic E-state index is -0.0483. The van der Waals surface area contributed by atoms with Crippen LogP contribution >= 0.6 is 0 Å². The van der Waals surface area contributed by atoms with E-state index >= 15 is 0 Å². The van der Waals surface area contributed by atoms with Gasteiger partial charge in [-0.2, -0.15) is 9.13 Å². The summed E-state index contributed by atoms with van der Waals surface area (Å²) in [6, 6.07) is 14.1. The molecule has 184 valence electrons. The van der Waals surface area contributed by atoms with Crippen molar-refractivity contribution < 1.29 is 4.57 Å². The zero-order valence-corrected chi connectivity index (χ0v) is 23.3. The summed E-state index contributed by atoms with van der Waals surface area (Å²) in [5.41, 5.74) is 7.91. The molecule has 1 heterocycles. The van der Waals surface area contributed by atoms with Gasteiger partial charge < -0.3 is 5.32 Å². The van der Waals surface area contributed by atoms with E-state index in [1.165, 1.54) is 33.6 Å². The first-order valence-corrected chi connectivity index (χ1v) is 13.0. The highest BCUT2D eigenvalue weighted by molar-refractivity contribution is 5.50. The molecule has 3 rings (SSSR count). The number of hydrogen-bond donors (Lipinski definition) is 1. The van der Waals surface area contributed by atoms with Gasteiger partial charge in [0.25, 0.3) is 6.33 Å². The molecule has 0 atom stereocenters. The predicted octanol–water partition coefficient (Wildman–Crippen LogP) is 8.46. The second-order valence-electron chi connectivity index (χ2n) is 12.1. The van der Waals surface area contributed by atoms with Gasteiger partial charge in [-0.15, -0.1) is 0 Å². The normalized spacial score (nSPS) is 12.4. The Labute approximate surface area is 208 Å². The molecule has 0 spiro atoms. The smallest absolute Gasteiger partial charge is 0.255 e. The van der Waals surface area contributed by atoms with Crippen LogP contribution in [0.5, 0.6) is 0 Å². The Morgan fingerprint density at radius 3 is 1.44 bits per heavy atom. The van der Waals surface area contributed by atoms with Gasteiger partial charge in [0.15, 0.2) is 6.20 Å². The van der Waals surface area contributed by atoms with Crippen LogP contribution in [0.2, 0.25) is 0 Å². The van der Waals surface area contributed by atoms with Gasteiger partial charge in [-0.05, 0) is 91.0 Å². The lowest BCUT2D eigenvalue weighted by Crippen LogP contribution is -2.29. The average Bonchev–Trinajstić information content (AvgIpc) is 3.14. The lowest BCUT2D eigenvalue weighted by molar-refractivity contribution is -0.594. The molecule has 0 fully saturated rings. The molecular formula is C31H46N3+. The van der Waals surface area contributed by atoms with Gasteiger partial charge in [0.05, 0.1) is 0 Å². The fourth-order valence-corrected chi connectivity index (χ4v) is 4.18. The molecule has 0 saturated carbocycles. The topological polar surface area (TPSA) is 20.8 Å². The van der Waals surface area contributed by atoms with Crippen LogP contribution in [0.1, 0.15) is 122 Å². The number of benzene rings is 2. The van der Waals surface area contributed by atoms with E-state index in [1.807, 2.05) is 0 Å². The van der Waals surface area contributed by atoms with Crippen molar-refractivity contribution in [3.05, 3.63) is 71.2 Å².